The summed E-state index contributed by atoms with van der Waals surface area (Å²) in [7, 11) is 0. The Hall–Kier alpha value is -2.02. The van der Waals surface area contributed by atoms with Gasteiger partial charge in [0.05, 0.1) is 0 Å². The van der Waals surface area contributed by atoms with E-state index in [-0.39, 0.29) is 0 Å². The van der Waals surface area contributed by atoms with Crippen molar-refractivity contribution in [2.24, 2.45) is 5.73 Å². The summed E-state index contributed by atoms with van der Waals surface area (Å²) in [6, 6.07) is 10.9. The van der Waals surface area contributed by atoms with Crippen molar-refractivity contribution in [3.05, 3.63) is 58.5 Å². The minimum atomic E-state index is 0.510. The maximum absolute atomic E-state index is 6.09. The molecule has 0 fully saturated rings. The number of benzene rings is 2. The summed E-state index contributed by atoms with van der Waals surface area (Å²) in [5.74, 6) is 0.510. The van der Waals surface area contributed by atoms with Crippen molar-refractivity contribution in [1.29, 1.82) is 0 Å². The first-order valence-electron chi connectivity index (χ1n) is 6.04. The fourth-order valence-corrected chi connectivity index (χ4v) is 3.10. The number of hydrogen-bond acceptors (Lipinski definition) is 1. The van der Waals surface area contributed by atoms with Gasteiger partial charge in [-0.05, 0) is 34.1 Å². The van der Waals surface area contributed by atoms with Crippen molar-refractivity contribution in [3.8, 4) is 0 Å². The van der Waals surface area contributed by atoms with Crippen LogP contribution in [-0.4, -0.2) is 0 Å². The summed E-state index contributed by atoms with van der Waals surface area (Å²) in [4.78, 5) is 0. The molecule has 1 atom stereocenters. The lowest BCUT2D eigenvalue weighted by Gasteiger charge is -2.23. The summed E-state index contributed by atoms with van der Waals surface area (Å²) >= 11 is 0. The Balaban J connectivity index is 2.37. The highest BCUT2D eigenvalue weighted by Crippen LogP contribution is 2.30. The monoisotopic (exact) mass is 219 g/mol. The fraction of sp³-hybridized carbons (Fsp3) is 0.125. The molecule has 0 saturated heterocycles. The van der Waals surface area contributed by atoms with Crippen LogP contribution in [0.1, 0.15) is 17.9 Å². The maximum Gasteiger partial charge on any atom is 0.0387 e. The van der Waals surface area contributed by atoms with Gasteiger partial charge in [-0.25, -0.2) is 0 Å². The molecule has 1 heteroatoms. The molecule has 0 amide bonds. The number of rotatable bonds is 0. The molecule has 2 aromatic rings. The van der Waals surface area contributed by atoms with Crippen LogP contribution in [0.4, 0.5) is 0 Å². The van der Waals surface area contributed by atoms with Crippen molar-refractivity contribution >= 4 is 22.5 Å². The first-order valence-corrected chi connectivity index (χ1v) is 6.04. The molecule has 2 N–H and O–H groups in total. The lowest BCUT2D eigenvalue weighted by molar-refractivity contribution is 0.873. The molecular weight excluding hydrogens is 206 g/mol. The van der Waals surface area contributed by atoms with Crippen LogP contribution in [0.3, 0.4) is 0 Å². The molecule has 0 aromatic heterocycles. The van der Waals surface area contributed by atoms with E-state index in [1.165, 1.54) is 26.8 Å². The summed E-state index contributed by atoms with van der Waals surface area (Å²) in [5, 5.41) is 5.31. The van der Waals surface area contributed by atoms with Gasteiger partial charge in [0.2, 0.25) is 0 Å². The molecule has 2 aromatic carbocycles. The van der Waals surface area contributed by atoms with Gasteiger partial charge >= 0.3 is 0 Å². The van der Waals surface area contributed by atoms with Crippen LogP contribution in [0.15, 0.2) is 42.5 Å². The molecule has 4 rings (SSSR count). The molecule has 0 radical (unpaired) electrons. The third kappa shape index (κ3) is 1.09. The highest BCUT2D eigenvalue weighted by Gasteiger charge is 2.19. The van der Waals surface area contributed by atoms with Gasteiger partial charge in [0.15, 0.2) is 0 Å². The molecular formula is C16H13N. The summed E-state index contributed by atoms with van der Waals surface area (Å²) in [5.41, 5.74) is 8.42. The zero-order chi connectivity index (χ0) is 11.4. The van der Waals surface area contributed by atoms with E-state index in [1.807, 2.05) is 0 Å². The zero-order valence-corrected chi connectivity index (χ0v) is 9.48. The number of nitrogens with two attached hydrogens (primary N) is 1. The molecule has 2 aliphatic rings. The lowest BCUT2D eigenvalue weighted by atomic mass is 9.82. The third-order valence-corrected chi connectivity index (χ3v) is 3.90. The van der Waals surface area contributed by atoms with E-state index in [9.17, 15) is 0 Å². The smallest absolute Gasteiger partial charge is 0.0387 e. The van der Waals surface area contributed by atoms with Gasteiger partial charge in [0.25, 0.3) is 0 Å². The third-order valence-electron chi connectivity index (χ3n) is 3.90. The van der Waals surface area contributed by atoms with Crippen molar-refractivity contribution in [3.63, 3.8) is 0 Å². The predicted octanol–water partition coefficient (Wildman–Crippen LogP) is 1.74. The fourth-order valence-electron chi connectivity index (χ4n) is 3.10. The quantitative estimate of drug-likeness (QED) is 0.717. The van der Waals surface area contributed by atoms with Crippen LogP contribution in [0.5, 0.6) is 0 Å². The van der Waals surface area contributed by atoms with E-state index >= 15 is 0 Å². The second-order valence-electron chi connectivity index (χ2n) is 4.83. The Bertz CT molecular complexity index is 781. The van der Waals surface area contributed by atoms with Gasteiger partial charge < -0.3 is 5.73 Å². The average molecular weight is 219 g/mol. The van der Waals surface area contributed by atoms with Crippen LogP contribution in [-0.2, 0) is 0 Å². The summed E-state index contributed by atoms with van der Waals surface area (Å²) in [6.07, 6.45) is 7.73. The topological polar surface area (TPSA) is 26.0 Å². The van der Waals surface area contributed by atoms with Crippen LogP contribution < -0.4 is 16.2 Å². The van der Waals surface area contributed by atoms with Gasteiger partial charge in [-0.2, -0.15) is 0 Å². The Morgan fingerprint density at radius 2 is 2.06 bits per heavy atom. The standard InChI is InChI=1S/C16H13N/c17-14-9-7-12-5-4-10-2-1-3-11-6-8-13(14)16(12)15(10)11/h1-4,6-9,12H,5,17H2. The second kappa shape index (κ2) is 3.01. The Morgan fingerprint density at radius 3 is 3.00 bits per heavy atom. The van der Waals surface area contributed by atoms with Crippen molar-refractivity contribution in [2.45, 2.75) is 12.3 Å². The summed E-state index contributed by atoms with van der Waals surface area (Å²) in [6.45, 7) is 0. The van der Waals surface area contributed by atoms with E-state index in [0.29, 0.717) is 5.92 Å². The van der Waals surface area contributed by atoms with Gasteiger partial charge in [-0.15, -0.1) is 0 Å². The Kier molecular flexibility index (Phi) is 1.60. The van der Waals surface area contributed by atoms with Crippen LogP contribution in [0.2, 0.25) is 0 Å². The molecule has 0 saturated carbocycles. The first kappa shape index (κ1) is 9.06. The highest BCUT2D eigenvalue weighted by atomic mass is 14.6. The molecule has 0 spiro atoms. The summed E-state index contributed by atoms with van der Waals surface area (Å²) < 4.78 is 0. The largest absolute Gasteiger partial charge is 0.398 e. The second-order valence-corrected chi connectivity index (χ2v) is 4.83. The minimum Gasteiger partial charge on any atom is -0.398 e. The van der Waals surface area contributed by atoms with E-state index in [0.717, 1.165) is 12.1 Å². The first-order chi connectivity index (χ1) is 8.34. The normalized spacial score (nSPS) is 20.5. The number of allylic oxidation sites excluding steroid dienone is 1. The highest BCUT2D eigenvalue weighted by molar-refractivity contribution is 5.90. The molecule has 2 aliphatic carbocycles. The minimum absolute atomic E-state index is 0.510. The number of hydrogen-bond donors (Lipinski definition) is 1. The Morgan fingerprint density at radius 1 is 1.12 bits per heavy atom. The SMILES string of the molecule is NC1=c2ccc3cccc4c3c2C(C=C1)CC=4. The van der Waals surface area contributed by atoms with Crippen molar-refractivity contribution in [1.82, 2.24) is 0 Å². The van der Waals surface area contributed by atoms with Crippen LogP contribution in [0.25, 0.3) is 22.5 Å². The van der Waals surface area contributed by atoms with Gasteiger partial charge in [-0.1, -0.05) is 42.5 Å². The average Bonchev–Trinajstić information content (AvgIpc) is 2.38. The molecule has 1 nitrogen and oxygen atoms in total. The molecule has 0 heterocycles. The van der Waals surface area contributed by atoms with E-state index in [4.69, 9.17) is 5.73 Å². The van der Waals surface area contributed by atoms with Crippen molar-refractivity contribution in [2.75, 3.05) is 0 Å². The van der Waals surface area contributed by atoms with E-state index in [1.54, 1.807) is 0 Å². The maximum atomic E-state index is 6.09. The molecule has 0 bridgehead atoms. The van der Waals surface area contributed by atoms with E-state index < -0.39 is 0 Å². The molecule has 82 valence electrons. The van der Waals surface area contributed by atoms with E-state index in [2.05, 4.69) is 48.6 Å². The molecule has 0 aliphatic heterocycles. The van der Waals surface area contributed by atoms with Gasteiger partial charge in [-0.3, -0.25) is 0 Å². The molecule has 1 unspecified atom stereocenters. The zero-order valence-electron chi connectivity index (χ0n) is 9.48. The van der Waals surface area contributed by atoms with Gasteiger partial charge in [0.1, 0.15) is 0 Å². The van der Waals surface area contributed by atoms with Crippen LogP contribution >= 0.6 is 0 Å². The Labute approximate surface area is 99.6 Å². The van der Waals surface area contributed by atoms with Crippen LogP contribution in [0, 0.1) is 0 Å². The molecule has 17 heavy (non-hydrogen) atoms. The predicted molar refractivity (Wildman–Crippen MR) is 71.8 cm³/mol. The van der Waals surface area contributed by atoms with Gasteiger partial charge in [0, 0.05) is 16.8 Å². The lowest BCUT2D eigenvalue weighted by Crippen LogP contribution is -2.26. The van der Waals surface area contributed by atoms with Crippen molar-refractivity contribution < 1.29 is 0 Å².